The first-order valence-electron chi connectivity index (χ1n) is 9.75. The van der Waals surface area contributed by atoms with Crippen molar-refractivity contribution in [2.45, 2.75) is 13.5 Å². The third-order valence-electron chi connectivity index (χ3n) is 5.21. The maximum Gasteiger partial charge on any atom is 0.351 e. The Balaban J connectivity index is 1.69. The van der Waals surface area contributed by atoms with Crippen LogP contribution in [0.15, 0.2) is 77.6 Å². The minimum atomic E-state index is -0.482. The summed E-state index contributed by atoms with van der Waals surface area (Å²) in [5, 5.41) is 5.00. The number of aryl methyl sites for hydroxylation is 1. The largest absolute Gasteiger partial charge is 0.351 e. The molecule has 2 aromatic heterocycles. The van der Waals surface area contributed by atoms with Gasteiger partial charge in [-0.2, -0.15) is 4.52 Å². The number of hydrogen-bond donors (Lipinski definition) is 0. The van der Waals surface area contributed by atoms with Gasteiger partial charge < -0.3 is 0 Å². The molecule has 0 bridgehead atoms. The molecule has 7 heteroatoms. The molecule has 31 heavy (non-hydrogen) atoms. The van der Waals surface area contributed by atoms with Crippen molar-refractivity contribution in [1.29, 1.82) is 0 Å². The number of fused-ring (bicyclic) bond motifs is 3. The summed E-state index contributed by atoms with van der Waals surface area (Å²) in [5.74, 6) is -0.358. The van der Waals surface area contributed by atoms with E-state index in [2.05, 4.69) is 10.1 Å². The fourth-order valence-electron chi connectivity index (χ4n) is 3.61. The van der Waals surface area contributed by atoms with E-state index in [1.807, 2.05) is 31.2 Å². The molecule has 0 spiro atoms. The number of para-hydroxylation sites is 1. The Bertz CT molecular complexity index is 1520. The van der Waals surface area contributed by atoms with E-state index >= 15 is 0 Å². The fraction of sp³-hybridized carbons (Fsp3) is 0.0833. The second kappa shape index (κ2) is 7.28. The molecule has 0 aliphatic heterocycles. The zero-order valence-electron chi connectivity index (χ0n) is 16.6. The molecule has 0 saturated carbocycles. The number of Topliss-reactive ketones (excluding diaryl/α,β-unsaturated/α-hetero) is 1. The zero-order valence-corrected chi connectivity index (χ0v) is 16.6. The molecule has 0 fully saturated rings. The second-order valence-electron chi connectivity index (χ2n) is 7.36. The number of aromatic nitrogens is 4. The summed E-state index contributed by atoms with van der Waals surface area (Å²) in [6, 6.07) is 20.3. The van der Waals surface area contributed by atoms with Gasteiger partial charge in [-0.25, -0.2) is 14.2 Å². The zero-order chi connectivity index (χ0) is 21.5. The minimum Gasteiger partial charge on any atom is -0.292 e. The summed E-state index contributed by atoms with van der Waals surface area (Å²) in [6.45, 7) is 1.81. The Labute approximate surface area is 176 Å². The van der Waals surface area contributed by atoms with Gasteiger partial charge in [0.15, 0.2) is 17.3 Å². The molecule has 152 valence electrons. The molecule has 5 aromatic rings. The highest BCUT2D eigenvalue weighted by molar-refractivity contribution is 5.98. The van der Waals surface area contributed by atoms with Gasteiger partial charge in [-0.05, 0) is 31.2 Å². The van der Waals surface area contributed by atoms with E-state index in [0.717, 1.165) is 5.56 Å². The Hall–Kier alpha value is -4.13. The van der Waals surface area contributed by atoms with Crippen LogP contribution in [-0.2, 0) is 6.54 Å². The Kier molecular flexibility index (Phi) is 4.43. The number of rotatable bonds is 4. The highest BCUT2D eigenvalue weighted by Crippen LogP contribution is 2.22. The normalized spacial score (nSPS) is 11.3. The molecular weight excluding hydrogens is 395 g/mol. The van der Waals surface area contributed by atoms with Crippen molar-refractivity contribution >= 4 is 22.3 Å². The van der Waals surface area contributed by atoms with Gasteiger partial charge in [0.1, 0.15) is 5.82 Å². The van der Waals surface area contributed by atoms with Gasteiger partial charge in [0.25, 0.3) is 0 Å². The van der Waals surface area contributed by atoms with Crippen LogP contribution in [0, 0.1) is 12.7 Å². The predicted octanol–water partition coefficient (Wildman–Crippen LogP) is 4.04. The molecule has 0 atom stereocenters. The number of ketones is 1. The fourth-order valence-corrected chi connectivity index (χ4v) is 3.61. The molecule has 0 saturated heterocycles. The van der Waals surface area contributed by atoms with Gasteiger partial charge >= 0.3 is 5.69 Å². The van der Waals surface area contributed by atoms with Crippen LogP contribution in [0.4, 0.5) is 4.39 Å². The lowest BCUT2D eigenvalue weighted by Gasteiger charge is -2.10. The molecular formula is C24H17FN4O2. The van der Waals surface area contributed by atoms with Crippen LogP contribution in [0.25, 0.3) is 27.9 Å². The van der Waals surface area contributed by atoms with E-state index in [9.17, 15) is 14.0 Å². The first-order valence-corrected chi connectivity index (χ1v) is 9.75. The van der Waals surface area contributed by atoms with Crippen molar-refractivity contribution in [2.24, 2.45) is 0 Å². The molecule has 0 unspecified atom stereocenters. The van der Waals surface area contributed by atoms with Gasteiger partial charge in [-0.15, -0.1) is 5.10 Å². The van der Waals surface area contributed by atoms with Crippen molar-refractivity contribution in [3.63, 3.8) is 0 Å². The summed E-state index contributed by atoms with van der Waals surface area (Å²) in [7, 11) is 0. The molecule has 5 rings (SSSR count). The number of carbonyl (C=O) groups excluding carboxylic acids is 1. The van der Waals surface area contributed by atoms with Crippen LogP contribution in [0.3, 0.4) is 0 Å². The van der Waals surface area contributed by atoms with Gasteiger partial charge in [0, 0.05) is 16.5 Å². The maximum atomic E-state index is 13.7. The van der Waals surface area contributed by atoms with E-state index < -0.39 is 11.5 Å². The molecule has 0 radical (unpaired) electrons. The minimum absolute atomic E-state index is 0.131. The lowest BCUT2D eigenvalue weighted by Crippen LogP contribution is -2.30. The summed E-state index contributed by atoms with van der Waals surface area (Å²) < 4.78 is 16.2. The number of nitrogens with zero attached hydrogens (tertiary/aromatic N) is 4. The Morgan fingerprint density at radius 1 is 1.00 bits per heavy atom. The van der Waals surface area contributed by atoms with E-state index in [-0.39, 0.29) is 18.2 Å². The van der Waals surface area contributed by atoms with Crippen LogP contribution in [0.1, 0.15) is 15.9 Å². The summed E-state index contributed by atoms with van der Waals surface area (Å²) in [4.78, 5) is 30.6. The standard InChI is InChI=1S/C24H17FN4O2/c1-15-9-11-16(12-10-15)21(30)14-28-20-8-3-2-7-19(20)23-26-22(27-29(23)24(28)31)17-5-4-6-18(25)13-17/h2-13H,14H2,1H3. The number of benzene rings is 3. The van der Waals surface area contributed by atoms with Gasteiger partial charge in [0.05, 0.1) is 12.1 Å². The third kappa shape index (κ3) is 3.30. The molecule has 0 aliphatic rings. The van der Waals surface area contributed by atoms with Crippen LogP contribution < -0.4 is 5.69 Å². The Morgan fingerprint density at radius 3 is 2.55 bits per heavy atom. The molecule has 0 N–H and O–H groups in total. The van der Waals surface area contributed by atoms with E-state index in [1.165, 1.54) is 21.2 Å². The average Bonchev–Trinajstić information content (AvgIpc) is 3.23. The molecule has 0 amide bonds. The SMILES string of the molecule is Cc1ccc(C(=O)Cn2c(=O)n3nc(-c4cccc(F)c4)nc3c3ccccc32)cc1. The van der Waals surface area contributed by atoms with Crippen LogP contribution in [0.2, 0.25) is 0 Å². The predicted molar refractivity (Wildman–Crippen MR) is 116 cm³/mol. The van der Waals surface area contributed by atoms with Crippen LogP contribution >= 0.6 is 0 Å². The van der Waals surface area contributed by atoms with Crippen LogP contribution in [0.5, 0.6) is 0 Å². The van der Waals surface area contributed by atoms with E-state index in [0.29, 0.717) is 27.7 Å². The maximum absolute atomic E-state index is 13.7. The first kappa shape index (κ1) is 18.9. The van der Waals surface area contributed by atoms with Crippen LogP contribution in [-0.4, -0.2) is 24.9 Å². The van der Waals surface area contributed by atoms with Gasteiger partial charge in [-0.1, -0.05) is 54.1 Å². The molecule has 2 heterocycles. The first-order chi connectivity index (χ1) is 15.0. The summed E-state index contributed by atoms with van der Waals surface area (Å²) in [6.07, 6.45) is 0. The smallest absolute Gasteiger partial charge is 0.292 e. The van der Waals surface area contributed by atoms with E-state index in [4.69, 9.17) is 0 Å². The third-order valence-corrected chi connectivity index (χ3v) is 5.21. The van der Waals surface area contributed by atoms with Gasteiger partial charge in [-0.3, -0.25) is 9.36 Å². The van der Waals surface area contributed by atoms with Crippen molar-refractivity contribution in [1.82, 2.24) is 19.2 Å². The molecule has 3 aromatic carbocycles. The Morgan fingerprint density at radius 2 is 1.77 bits per heavy atom. The number of halogens is 1. The van der Waals surface area contributed by atoms with Crippen molar-refractivity contribution in [3.05, 3.63) is 100 Å². The lowest BCUT2D eigenvalue weighted by molar-refractivity contribution is 0.0971. The monoisotopic (exact) mass is 412 g/mol. The molecule has 6 nitrogen and oxygen atoms in total. The average molecular weight is 412 g/mol. The van der Waals surface area contributed by atoms with Crippen molar-refractivity contribution in [3.8, 4) is 11.4 Å². The van der Waals surface area contributed by atoms with E-state index in [1.54, 1.807) is 36.4 Å². The summed E-state index contributed by atoms with van der Waals surface area (Å²) in [5.41, 5.74) is 2.50. The van der Waals surface area contributed by atoms with Crippen molar-refractivity contribution in [2.75, 3.05) is 0 Å². The van der Waals surface area contributed by atoms with Gasteiger partial charge in [0.2, 0.25) is 0 Å². The second-order valence-corrected chi connectivity index (χ2v) is 7.36. The molecule has 0 aliphatic carbocycles. The highest BCUT2D eigenvalue weighted by atomic mass is 19.1. The number of carbonyl (C=O) groups is 1. The quantitative estimate of drug-likeness (QED) is 0.418. The van der Waals surface area contributed by atoms with Crippen molar-refractivity contribution < 1.29 is 9.18 Å². The summed E-state index contributed by atoms with van der Waals surface area (Å²) >= 11 is 0. The number of hydrogen-bond acceptors (Lipinski definition) is 4. The highest BCUT2D eigenvalue weighted by Gasteiger charge is 2.18. The lowest BCUT2D eigenvalue weighted by atomic mass is 10.1. The topological polar surface area (TPSA) is 69.3 Å².